The zero-order valence-corrected chi connectivity index (χ0v) is 12.7. The van der Waals surface area contributed by atoms with E-state index in [1.807, 2.05) is 6.92 Å². The quantitative estimate of drug-likeness (QED) is 0.858. The maximum atomic E-state index is 12.9. The number of carbonyl (C=O) groups excluding carboxylic acids is 2. The normalized spacial score (nSPS) is 20.8. The van der Waals surface area contributed by atoms with Crippen molar-refractivity contribution in [3.8, 4) is 0 Å². The molecule has 2 fully saturated rings. The number of ether oxygens (including phenoxy) is 1. The van der Waals surface area contributed by atoms with Gasteiger partial charge in [-0.1, -0.05) is 19.1 Å². The molecule has 0 radical (unpaired) electrons. The van der Waals surface area contributed by atoms with E-state index in [0.29, 0.717) is 26.1 Å². The fourth-order valence-corrected chi connectivity index (χ4v) is 3.08. The third kappa shape index (κ3) is 2.65. The van der Waals surface area contributed by atoms with Crippen molar-refractivity contribution in [1.82, 2.24) is 9.80 Å². The summed E-state index contributed by atoms with van der Waals surface area (Å²) in [6.45, 7) is 3.39. The Kier molecular flexibility index (Phi) is 3.54. The SMILES string of the molecule is C[C@@H](CC(=O)N1CC2(CN(C)C(=O)O2)C1)c1ccc(F)cc1. The van der Waals surface area contributed by atoms with Gasteiger partial charge in [-0.05, 0) is 23.6 Å². The van der Waals surface area contributed by atoms with Crippen LogP contribution in [-0.2, 0) is 9.53 Å². The van der Waals surface area contributed by atoms with Crippen LogP contribution in [0.5, 0.6) is 0 Å². The molecule has 5 nitrogen and oxygen atoms in total. The van der Waals surface area contributed by atoms with Crippen molar-refractivity contribution in [2.75, 3.05) is 26.7 Å². The van der Waals surface area contributed by atoms with E-state index < -0.39 is 5.60 Å². The largest absolute Gasteiger partial charge is 0.437 e. The Bertz CT molecular complexity index is 596. The lowest BCUT2D eigenvalue weighted by atomic mass is 9.91. The van der Waals surface area contributed by atoms with E-state index in [1.54, 1.807) is 24.1 Å². The molecule has 6 heteroatoms. The van der Waals surface area contributed by atoms with Gasteiger partial charge in [0.25, 0.3) is 0 Å². The van der Waals surface area contributed by atoms with Crippen LogP contribution >= 0.6 is 0 Å². The van der Waals surface area contributed by atoms with Crippen LogP contribution in [0.2, 0.25) is 0 Å². The third-order valence-corrected chi connectivity index (χ3v) is 4.37. The minimum absolute atomic E-state index is 0.0263. The molecule has 0 bridgehead atoms. The number of hydrogen-bond acceptors (Lipinski definition) is 3. The zero-order valence-electron chi connectivity index (χ0n) is 12.7. The lowest BCUT2D eigenvalue weighted by Crippen LogP contribution is -2.65. The fourth-order valence-electron chi connectivity index (χ4n) is 3.08. The van der Waals surface area contributed by atoms with Gasteiger partial charge in [0.15, 0.2) is 5.60 Å². The summed E-state index contributed by atoms with van der Waals surface area (Å²) in [5.74, 6) is -0.217. The van der Waals surface area contributed by atoms with Crippen LogP contribution in [0.3, 0.4) is 0 Å². The molecule has 2 saturated heterocycles. The van der Waals surface area contributed by atoms with Crippen molar-refractivity contribution in [3.05, 3.63) is 35.6 Å². The van der Waals surface area contributed by atoms with Crippen molar-refractivity contribution in [3.63, 3.8) is 0 Å². The number of hydrogen-bond donors (Lipinski definition) is 0. The van der Waals surface area contributed by atoms with Gasteiger partial charge in [-0.25, -0.2) is 9.18 Å². The number of likely N-dealkylation sites (N-methyl/N-ethyl adjacent to an activating group) is 1. The molecule has 1 atom stereocenters. The van der Waals surface area contributed by atoms with Gasteiger partial charge in [0.05, 0.1) is 19.6 Å². The Labute approximate surface area is 128 Å². The van der Waals surface area contributed by atoms with Crippen molar-refractivity contribution in [2.24, 2.45) is 0 Å². The summed E-state index contributed by atoms with van der Waals surface area (Å²) in [4.78, 5) is 26.9. The van der Waals surface area contributed by atoms with Crippen LogP contribution in [-0.4, -0.2) is 54.1 Å². The van der Waals surface area contributed by atoms with E-state index in [2.05, 4.69) is 0 Å². The van der Waals surface area contributed by atoms with Gasteiger partial charge >= 0.3 is 6.09 Å². The number of benzene rings is 1. The first-order valence-electron chi connectivity index (χ1n) is 7.36. The molecule has 0 N–H and O–H groups in total. The van der Waals surface area contributed by atoms with Gasteiger partial charge in [0, 0.05) is 13.5 Å². The molecule has 2 heterocycles. The summed E-state index contributed by atoms with van der Waals surface area (Å²) in [5.41, 5.74) is 0.428. The Morgan fingerprint density at radius 2 is 1.95 bits per heavy atom. The van der Waals surface area contributed by atoms with Gasteiger partial charge in [0.2, 0.25) is 5.91 Å². The van der Waals surface area contributed by atoms with Crippen LogP contribution in [0.1, 0.15) is 24.8 Å². The van der Waals surface area contributed by atoms with Gasteiger partial charge in [-0.2, -0.15) is 0 Å². The van der Waals surface area contributed by atoms with E-state index in [4.69, 9.17) is 4.74 Å². The van der Waals surface area contributed by atoms with Gasteiger partial charge in [-0.15, -0.1) is 0 Å². The first-order valence-corrected chi connectivity index (χ1v) is 7.36. The summed E-state index contributed by atoms with van der Waals surface area (Å²) in [5, 5.41) is 0. The standard InChI is InChI=1S/C16H19FN2O3/c1-11(12-3-5-13(17)6-4-12)7-14(20)19-9-16(10-19)8-18(2)15(21)22-16/h3-6,11H,7-10H2,1-2H3/t11-/m0/s1. The maximum absolute atomic E-state index is 12.9. The second-order valence-electron chi connectivity index (χ2n) is 6.31. The van der Waals surface area contributed by atoms with Crippen molar-refractivity contribution >= 4 is 12.0 Å². The number of halogens is 1. The summed E-state index contributed by atoms with van der Waals surface area (Å²) >= 11 is 0. The molecule has 3 rings (SSSR count). The number of likely N-dealkylation sites (tertiary alicyclic amines) is 1. The smallest absolute Gasteiger partial charge is 0.410 e. The number of amides is 2. The van der Waals surface area contributed by atoms with E-state index in [-0.39, 0.29) is 23.7 Å². The van der Waals surface area contributed by atoms with E-state index >= 15 is 0 Å². The molecule has 2 amide bonds. The summed E-state index contributed by atoms with van der Waals surface area (Å²) in [7, 11) is 1.69. The molecular weight excluding hydrogens is 287 g/mol. The molecule has 118 valence electrons. The highest BCUT2D eigenvalue weighted by molar-refractivity contribution is 5.79. The molecule has 22 heavy (non-hydrogen) atoms. The predicted molar refractivity (Wildman–Crippen MR) is 77.9 cm³/mol. The van der Waals surface area contributed by atoms with Crippen molar-refractivity contribution in [2.45, 2.75) is 24.9 Å². The Balaban J connectivity index is 1.54. The summed E-state index contributed by atoms with van der Waals surface area (Å²) in [6.07, 6.45) is 0.0395. The average molecular weight is 306 g/mol. The summed E-state index contributed by atoms with van der Waals surface area (Å²) < 4.78 is 18.2. The minimum atomic E-state index is -0.513. The highest BCUT2D eigenvalue weighted by atomic mass is 19.1. The van der Waals surface area contributed by atoms with Crippen LogP contribution in [0, 0.1) is 5.82 Å². The van der Waals surface area contributed by atoms with E-state index in [1.165, 1.54) is 17.0 Å². The zero-order chi connectivity index (χ0) is 15.9. The average Bonchev–Trinajstić information content (AvgIpc) is 2.74. The first kappa shape index (κ1) is 14.8. The Morgan fingerprint density at radius 3 is 2.50 bits per heavy atom. The second-order valence-corrected chi connectivity index (χ2v) is 6.31. The van der Waals surface area contributed by atoms with Crippen LogP contribution in [0.25, 0.3) is 0 Å². The molecule has 0 aromatic heterocycles. The minimum Gasteiger partial charge on any atom is -0.437 e. The van der Waals surface area contributed by atoms with Crippen molar-refractivity contribution < 1.29 is 18.7 Å². The molecule has 0 saturated carbocycles. The van der Waals surface area contributed by atoms with Crippen molar-refractivity contribution in [1.29, 1.82) is 0 Å². The molecule has 0 aliphatic carbocycles. The highest BCUT2D eigenvalue weighted by Gasteiger charge is 2.54. The second kappa shape index (κ2) is 5.26. The molecule has 2 aliphatic heterocycles. The number of carbonyl (C=O) groups is 2. The van der Waals surface area contributed by atoms with Gasteiger partial charge in [-0.3, -0.25) is 4.79 Å². The molecule has 0 unspecified atom stereocenters. The highest BCUT2D eigenvalue weighted by Crippen LogP contribution is 2.33. The fraction of sp³-hybridized carbons (Fsp3) is 0.500. The van der Waals surface area contributed by atoms with Crippen LogP contribution in [0.15, 0.2) is 24.3 Å². The number of rotatable bonds is 3. The molecule has 1 spiro atoms. The first-order chi connectivity index (χ1) is 10.4. The molecule has 2 aliphatic rings. The predicted octanol–water partition coefficient (Wildman–Crippen LogP) is 1.98. The molecular formula is C16H19FN2O3. The lowest BCUT2D eigenvalue weighted by Gasteiger charge is -2.45. The maximum Gasteiger partial charge on any atom is 0.410 e. The van der Waals surface area contributed by atoms with Crippen LogP contribution in [0.4, 0.5) is 9.18 Å². The van der Waals surface area contributed by atoms with E-state index in [9.17, 15) is 14.0 Å². The monoisotopic (exact) mass is 306 g/mol. The molecule has 1 aromatic carbocycles. The van der Waals surface area contributed by atoms with E-state index in [0.717, 1.165) is 5.56 Å². The summed E-state index contributed by atoms with van der Waals surface area (Å²) in [6, 6.07) is 6.22. The van der Waals surface area contributed by atoms with Gasteiger partial charge < -0.3 is 14.5 Å². The van der Waals surface area contributed by atoms with Gasteiger partial charge in [0.1, 0.15) is 5.82 Å². The third-order valence-electron chi connectivity index (χ3n) is 4.37. The Morgan fingerprint density at radius 1 is 1.32 bits per heavy atom. The lowest BCUT2D eigenvalue weighted by molar-refractivity contribution is -0.150. The Hall–Kier alpha value is -2.11. The van der Waals surface area contributed by atoms with Crippen LogP contribution < -0.4 is 0 Å². The number of nitrogens with zero attached hydrogens (tertiary/aromatic N) is 2. The topological polar surface area (TPSA) is 49.9 Å². The molecule has 1 aromatic rings.